The number of aryl methyl sites for hydroxylation is 1. The normalized spacial score (nSPS) is 12.1. The number of anilines is 2. The minimum atomic E-state index is -0.154. The first-order valence-electron chi connectivity index (χ1n) is 6.77. The van der Waals surface area contributed by atoms with Crippen LogP contribution >= 0.6 is 0 Å². The third kappa shape index (κ3) is 3.29. The molecule has 2 aromatic rings. The van der Waals surface area contributed by atoms with E-state index in [1.807, 2.05) is 45.3 Å². The van der Waals surface area contributed by atoms with Crippen molar-refractivity contribution in [3.63, 3.8) is 0 Å². The zero-order valence-corrected chi connectivity index (χ0v) is 12.4. The van der Waals surface area contributed by atoms with Gasteiger partial charge in [-0.1, -0.05) is 18.2 Å². The molecule has 0 heterocycles. The predicted octanol–water partition coefficient (Wildman–Crippen LogP) is 4.37. The Morgan fingerprint density at radius 3 is 2.50 bits per heavy atom. The topological polar surface area (TPSA) is 15.3 Å². The molecule has 0 saturated heterocycles. The number of hydrogen-bond acceptors (Lipinski definition) is 2. The molecule has 0 spiro atoms. The molecule has 3 heteroatoms. The van der Waals surface area contributed by atoms with E-state index in [9.17, 15) is 4.39 Å². The highest BCUT2D eigenvalue weighted by Crippen LogP contribution is 2.23. The average Bonchev–Trinajstić information content (AvgIpc) is 2.42. The Hall–Kier alpha value is -2.03. The van der Waals surface area contributed by atoms with Crippen LogP contribution in [0.4, 0.5) is 15.8 Å². The van der Waals surface area contributed by atoms with Crippen LogP contribution in [0.5, 0.6) is 0 Å². The fourth-order valence-corrected chi connectivity index (χ4v) is 2.09. The van der Waals surface area contributed by atoms with E-state index >= 15 is 0 Å². The summed E-state index contributed by atoms with van der Waals surface area (Å²) in [6.07, 6.45) is 0. The molecule has 1 N–H and O–H groups in total. The van der Waals surface area contributed by atoms with Crippen LogP contribution in [-0.4, -0.2) is 14.1 Å². The van der Waals surface area contributed by atoms with Crippen LogP contribution < -0.4 is 10.2 Å². The molecule has 0 aliphatic heterocycles. The smallest absolute Gasteiger partial charge is 0.126 e. The number of benzene rings is 2. The highest BCUT2D eigenvalue weighted by molar-refractivity contribution is 5.58. The van der Waals surface area contributed by atoms with Crippen molar-refractivity contribution in [2.24, 2.45) is 0 Å². The standard InChI is InChI=1S/C17H21FN2/c1-12-8-9-14(10-17(12)18)13(2)19-15-6-5-7-16(11-15)20(3)4/h5-11,13,19H,1-4H3. The molecule has 0 fully saturated rings. The molecule has 0 saturated carbocycles. The van der Waals surface area contributed by atoms with Crippen LogP contribution in [0.3, 0.4) is 0 Å². The second-order valence-corrected chi connectivity index (χ2v) is 5.32. The van der Waals surface area contributed by atoms with Crippen molar-refractivity contribution in [1.29, 1.82) is 0 Å². The first-order chi connectivity index (χ1) is 9.47. The van der Waals surface area contributed by atoms with Crippen LogP contribution in [0.25, 0.3) is 0 Å². The van der Waals surface area contributed by atoms with Gasteiger partial charge in [0.1, 0.15) is 5.82 Å². The molecule has 1 atom stereocenters. The molecule has 0 bridgehead atoms. The quantitative estimate of drug-likeness (QED) is 0.889. The van der Waals surface area contributed by atoms with E-state index in [2.05, 4.69) is 22.3 Å². The van der Waals surface area contributed by atoms with E-state index in [1.54, 1.807) is 13.0 Å². The van der Waals surface area contributed by atoms with E-state index in [0.29, 0.717) is 5.56 Å². The third-order valence-electron chi connectivity index (χ3n) is 3.44. The molecule has 106 valence electrons. The molecular formula is C17H21FN2. The van der Waals surface area contributed by atoms with Crippen molar-refractivity contribution in [3.05, 3.63) is 59.4 Å². The van der Waals surface area contributed by atoms with E-state index in [1.165, 1.54) is 0 Å². The van der Waals surface area contributed by atoms with E-state index in [4.69, 9.17) is 0 Å². The van der Waals surface area contributed by atoms with Gasteiger partial charge in [0.15, 0.2) is 0 Å². The van der Waals surface area contributed by atoms with Crippen molar-refractivity contribution in [2.75, 3.05) is 24.3 Å². The van der Waals surface area contributed by atoms with Gasteiger partial charge in [-0.25, -0.2) is 4.39 Å². The molecule has 0 aliphatic carbocycles. The number of hydrogen-bond donors (Lipinski definition) is 1. The Morgan fingerprint density at radius 1 is 1.10 bits per heavy atom. The van der Waals surface area contributed by atoms with Gasteiger partial charge in [0.25, 0.3) is 0 Å². The van der Waals surface area contributed by atoms with Crippen molar-refractivity contribution in [1.82, 2.24) is 0 Å². The van der Waals surface area contributed by atoms with Gasteiger partial charge in [0, 0.05) is 31.5 Å². The van der Waals surface area contributed by atoms with Gasteiger partial charge < -0.3 is 10.2 Å². The molecule has 0 amide bonds. The summed E-state index contributed by atoms with van der Waals surface area (Å²) in [5.74, 6) is -0.154. The Morgan fingerprint density at radius 2 is 1.85 bits per heavy atom. The molecule has 0 radical (unpaired) electrons. The summed E-state index contributed by atoms with van der Waals surface area (Å²) < 4.78 is 13.6. The Bertz CT molecular complexity index is 593. The van der Waals surface area contributed by atoms with Gasteiger partial charge in [0.2, 0.25) is 0 Å². The summed E-state index contributed by atoms with van der Waals surface area (Å²) in [5, 5.41) is 3.41. The summed E-state index contributed by atoms with van der Waals surface area (Å²) in [7, 11) is 4.02. The van der Waals surface area contributed by atoms with Crippen molar-refractivity contribution < 1.29 is 4.39 Å². The zero-order valence-electron chi connectivity index (χ0n) is 12.4. The number of halogens is 1. The average molecular weight is 272 g/mol. The van der Waals surface area contributed by atoms with Crippen LogP contribution in [0.1, 0.15) is 24.1 Å². The van der Waals surface area contributed by atoms with Gasteiger partial charge in [0.05, 0.1) is 0 Å². The van der Waals surface area contributed by atoms with Crippen molar-refractivity contribution in [2.45, 2.75) is 19.9 Å². The van der Waals surface area contributed by atoms with Crippen molar-refractivity contribution in [3.8, 4) is 0 Å². The van der Waals surface area contributed by atoms with Gasteiger partial charge in [-0.2, -0.15) is 0 Å². The number of nitrogens with zero attached hydrogens (tertiary/aromatic N) is 1. The maximum atomic E-state index is 13.6. The largest absolute Gasteiger partial charge is 0.378 e. The highest BCUT2D eigenvalue weighted by atomic mass is 19.1. The summed E-state index contributed by atoms with van der Waals surface area (Å²) >= 11 is 0. The summed E-state index contributed by atoms with van der Waals surface area (Å²) in [6, 6.07) is 13.6. The number of rotatable bonds is 4. The molecule has 1 unspecified atom stereocenters. The first kappa shape index (κ1) is 14.4. The summed E-state index contributed by atoms with van der Waals surface area (Å²) in [4.78, 5) is 2.06. The SMILES string of the molecule is Cc1ccc(C(C)Nc2cccc(N(C)C)c2)cc1F. The lowest BCUT2D eigenvalue weighted by Gasteiger charge is -2.19. The van der Waals surface area contributed by atoms with Gasteiger partial charge in [-0.15, -0.1) is 0 Å². The molecule has 20 heavy (non-hydrogen) atoms. The van der Waals surface area contributed by atoms with Crippen molar-refractivity contribution >= 4 is 11.4 Å². The van der Waals surface area contributed by atoms with Gasteiger partial charge in [-0.3, -0.25) is 0 Å². The minimum Gasteiger partial charge on any atom is -0.378 e. The zero-order chi connectivity index (χ0) is 14.7. The third-order valence-corrected chi connectivity index (χ3v) is 3.44. The predicted molar refractivity (Wildman–Crippen MR) is 83.9 cm³/mol. The molecular weight excluding hydrogens is 251 g/mol. The molecule has 2 rings (SSSR count). The fourth-order valence-electron chi connectivity index (χ4n) is 2.09. The lowest BCUT2D eigenvalue weighted by molar-refractivity contribution is 0.614. The number of nitrogens with one attached hydrogen (secondary N) is 1. The van der Waals surface area contributed by atoms with Gasteiger partial charge >= 0.3 is 0 Å². The Balaban J connectivity index is 2.16. The first-order valence-corrected chi connectivity index (χ1v) is 6.77. The van der Waals surface area contributed by atoms with E-state index < -0.39 is 0 Å². The van der Waals surface area contributed by atoms with Crippen LogP contribution in [0.2, 0.25) is 0 Å². The van der Waals surface area contributed by atoms with Crippen LogP contribution in [0.15, 0.2) is 42.5 Å². The lowest BCUT2D eigenvalue weighted by atomic mass is 10.1. The monoisotopic (exact) mass is 272 g/mol. The Labute approximate surface area is 120 Å². The highest BCUT2D eigenvalue weighted by Gasteiger charge is 2.08. The maximum absolute atomic E-state index is 13.6. The Kier molecular flexibility index (Phi) is 4.28. The molecule has 0 aliphatic rings. The molecule has 2 aromatic carbocycles. The van der Waals surface area contributed by atoms with E-state index in [0.717, 1.165) is 16.9 Å². The maximum Gasteiger partial charge on any atom is 0.126 e. The van der Waals surface area contributed by atoms with E-state index in [-0.39, 0.29) is 11.9 Å². The molecule has 0 aromatic heterocycles. The second-order valence-electron chi connectivity index (χ2n) is 5.32. The fraction of sp³-hybridized carbons (Fsp3) is 0.294. The summed E-state index contributed by atoms with van der Waals surface area (Å²) in [6.45, 7) is 3.81. The van der Waals surface area contributed by atoms with Crippen LogP contribution in [-0.2, 0) is 0 Å². The lowest BCUT2D eigenvalue weighted by Crippen LogP contribution is -2.10. The second kappa shape index (κ2) is 5.95. The van der Waals surface area contributed by atoms with Gasteiger partial charge in [-0.05, 0) is 49.2 Å². The minimum absolute atomic E-state index is 0.0579. The van der Waals surface area contributed by atoms with Crippen LogP contribution in [0, 0.1) is 12.7 Å². The molecule has 2 nitrogen and oxygen atoms in total. The summed E-state index contributed by atoms with van der Waals surface area (Å²) in [5.41, 5.74) is 3.79.